The standard InChI is InChI=1S/C19H20BrN3O3/c1-19(2)25-9-11(26-19)8-22-10-3-4-12-15(7-10)23-17-13(18(21)24)5-6-14(20)16(12)17/h3-7,11,22-23H,8-9H2,1-2H3,(H2,21,24)/t11-/m0/s1. The molecule has 4 rings (SSSR count). The van der Waals surface area contributed by atoms with Gasteiger partial charge in [0.15, 0.2) is 5.79 Å². The van der Waals surface area contributed by atoms with Gasteiger partial charge in [0, 0.05) is 33.0 Å². The summed E-state index contributed by atoms with van der Waals surface area (Å²) in [6.45, 7) is 5.06. The van der Waals surface area contributed by atoms with E-state index in [0.29, 0.717) is 18.7 Å². The number of aromatic nitrogens is 1. The molecule has 0 saturated carbocycles. The van der Waals surface area contributed by atoms with Crippen LogP contribution in [0.3, 0.4) is 0 Å². The third-order valence-electron chi connectivity index (χ3n) is 4.57. The number of H-pyrrole nitrogens is 1. The Balaban J connectivity index is 1.65. The molecule has 0 bridgehead atoms. The molecule has 0 aliphatic carbocycles. The van der Waals surface area contributed by atoms with Crippen LogP contribution in [-0.4, -0.2) is 35.9 Å². The second-order valence-corrected chi connectivity index (χ2v) is 7.78. The number of benzene rings is 2. The number of fused-ring (bicyclic) bond motifs is 3. The predicted octanol–water partition coefficient (Wildman–Crippen LogP) is 3.75. The van der Waals surface area contributed by atoms with Crippen molar-refractivity contribution in [2.24, 2.45) is 5.73 Å². The first-order valence-corrected chi connectivity index (χ1v) is 9.23. The maximum atomic E-state index is 11.7. The van der Waals surface area contributed by atoms with E-state index in [4.69, 9.17) is 15.2 Å². The summed E-state index contributed by atoms with van der Waals surface area (Å²) in [6.07, 6.45) is 0.0130. The van der Waals surface area contributed by atoms with Gasteiger partial charge in [-0.3, -0.25) is 4.79 Å². The zero-order valence-electron chi connectivity index (χ0n) is 14.6. The summed E-state index contributed by atoms with van der Waals surface area (Å²) in [5.41, 5.74) is 8.63. The molecule has 6 nitrogen and oxygen atoms in total. The van der Waals surface area contributed by atoms with E-state index in [1.165, 1.54) is 0 Å². The van der Waals surface area contributed by atoms with Gasteiger partial charge in [-0.2, -0.15) is 0 Å². The number of carbonyl (C=O) groups excluding carboxylic acids is 1. The van der Waals surface area contributed by atoms with E-state index >= 15 is 0 Å². The number of hydrogen-bond acceptors (Lipinski definition) is 4. The van der Waals surface area contributed by atoms with E-state index in [1.807, 2.05) is 38.1 Å². The summed E-state index contributed by atoms with van der Waals surface area (Å²) < 4.78 is 12.3. The summed E-state index contributed by atoms with van der Waals surface area (Å²) in [4.78, 5) is 15.0. The smallest absolute Gasteiger partial charge is 0.250 e. The average Bonchev–Trinajstić information content (AvgIpc) is 3.12. The molecular weight excluding hydrogens is 398 g/mol. The number of primary amides is 1. The van der Waals surface area contributed by atoms with Crippen molar-refractivity contribution < 1.29 is 14.3 Å². The van der Waals surface area contributed by atoms with Gasteiger partial charge in [-0.1, -0.05) is 22.0 Å². The van der Waals surface area contributed by atoms with Crippen molar-refractivity contribution in [1.82, 2.24) is 4.98 Å². The van der Waals surface area contributed by atoms with E-state index < -0.39 is 11.7 Å². The Morgan fingerprint density at radius 1 is 1.38 bits per heavy atom. The van der Waals surface area contributed by atoms with Crippen molar-refractivity contribution in [1.29, 1.82) is 0 Å². The molecule has 1 atom stereocenters. The van der Waals surface area contributed by atoms with Crippen LogP contribution >= 0.6 is 15.9 Å². The van der Waals surface area contributed by atoms with E-state index in [1.54, 1.807) is 6.07 Å². The molecule has 1 saturated heterocycles. The lowest BCUT2D eigenvalue weighted by molar-refractivity contribution is -0.136. The first-order chi connectivity index (χ1) is 12.3. The monoisotopic (exact) mass is 417 g/mol. The fourth-order valence-corrected chi connectivity index (χ4v) is 3.93. The number of amides is 1. The van der Waals surface area contributed by atoms with Crippen LogP contribution in [0, 0.1) is 0 Å². The molecule has 2 aromatic carbocycles. The van der Waals surface area contributed by atoms with E-state index in [0.717, 1.165) is 32.0 Å². The first-order valence-electron chi connectivity index (χ1n) is 8.43. The van der Waals surface area contributed by atoms with E-state index in [9.17, 15) is 4.79 Å². The summed E-state index contributed by atoms with van der Waals surface area (Å²) in [5.74, 6) is -0.973. The van der Waals surface area contributed by atoms with Crippen molar-refractivity contribution in [2.75, 3.05) is 18.5 Å². The van der Waals surface area contributed by atoms with Crippen LogP contribution in [0.1, 0.15) is 24.2 Å². The topological polar surface area (TPSA) is 89.4 Å². The SMILES string of the molecule is CC1(C)OC[C@H](CNc2ccc3c(c2)[nH]c2c(C(N)=O)ccc(Br)c23)O1. The Morgan fingerprint density at radius 2 is 2.19 bits per heavy atom. The fourth-order valence-electron chi connectivity index (χ4n) is 3.38. The average molecular weight is 418 g/mol. The summed E-state index contributed by atoms with van der Waals surface area (Å²) in [5, 5.41) is 5.37. The van der Waals surface area contributed by atoms with Crippen LogP contribution in [0.4, 0.5) is 5.69 Å². The van der Waals surface area contributed by atoms with Crippen LogP contribution in [-0.2, 0) is 9.47 Å². The van der Waals surface area contributed by atoms with Gasteiger partial charge in [-0.25, -0.2) is 0 Å². The zero-order chi connectivity index (χ0) is 18.5. The van der Waals surface area contributed by atoms with Gasteiger partial charge in [0.1, 0.15) is 6.10 Å². The molecule has 2 heterocycles. The van der Waals surface area contributed by atoms with E-state index in [-0.39, 0.29) is 6.10 Å². The molecule has 1 aliphatic rings. The third-order valence-corrected chi connectivity index (χ3v) is 5.23. The molecule has 136 valence electrons. The van der Waals surface area contributed by atoms with Crippen LogP contribution in [0.5, 0.6) is 0 Å². The molecule has 26 heavy (non-hydrogen) atoms. The Kier molecular flexibility index (Phi) is 4.17. The number of anilines is 1. The highest BCUT2D eigenvalue weighted by Gasteiger charge is 2.32. The number of nitrogens with two attached hydrogens (primary N) is 1. The summed E-state index contributed by atoms with van der Waals surface area (Å²) >= 11 is 3.57. The molecule has 0 radical (unpaired) electrons. The van der Waals surface area contributed by atoms with E-state index in [2.05, 4.69) is 26.2 Å². The molecule has 4 N–H and O–H groups in total. The van der Waals surface area contributed by atoms with Gasteiger partial charge < -0.3 is 25.5 Å². The first kappa shape index (κ1) is 17.3. The zero-order valence-corrected chi connectivity index (χ0v) is 16.1. The van der Waals surface area contributed by atoms with Crippen molar-refractivity contribution in [3.05, 3.63) is 40.4 Å². The Labute approximate surface area is 159 Å². The lowest BCUT2D eigenvalue weighted by Crippen LogP contribution is -2.25. The third kappa shape index (κ3) is 3.06. The number of hydrogen-bond donors (Lipinski definition) is 3. The van der Waals surface area contributed by atoms with Crippen LogP contribution in [0.15, 0.2) is 34.8 Å². The van der Waals surface area contributed by atoms with Crippen molar-refractivity contribution in [3.8, 4) is 0 Å². The minimum absolute atomic E-state index is 0.0130. The maximum absolute atomic E-state index is 11.7. The summed E-state index contributed by atoms with van der Waals surface area (Å²) in [6, 6.07) is 9.64. The second-order valence-electron chi connectivity index (χ2n) is 6.93. The number of ether oxygens (including phenoxy) is 2. The molecule has 0 unspecified atom stereocenters. The number of rotatable bonds is 4. The number of halogens is 1. The van der Waals surface area contributed by atoms with Gasteiger partial charge >= 0.3 is 0 Å². The lowest BCUT2D eigenvalue weighted by Gasteiger charge is -2.17. The normalized spacial score (nSPS) is 19.3. The lowest BCUT2D eigenvalue weighted by atomic mass is 10.1. The largest absolute Gasteiger partial charge is 0.382 e. The molecule has 1 amide bonds. The minimum Gasteiger partial charge on any atom is -0.382 e. The highest BCUT2D eigenvalue weighted by Crippen LogP contribution is 2.35. The van der Waals surface area contributed by atoms with Crippen molar-refractivity contribution in [3.63, 3.8) is 0 Å². The van der Waals surface area contributed by atoms with Crippen molar-refractivity contribution in [2.45, 2.75) is 25.7 Å². The number of nitrogens with one attached hydrogen (secondary N) is 2. The van der Waals surface area contributed by atoms with Gasteiger partial charge in [-0.05, 0) is 38.1 Å². The number of aromatic amines is 1. The maximum Gasteiger partial charge on any atom is 0.250 e. The highest BCUT2D eigenvalue weighted by atomic mass is 79.9. The summed E-state index contributed by atoms with van der Waals surface area (Å²) in [7, 11) is 0. The highest BCUT2D eigenvalue weighted by molar-refractivity contribution is 9.10. The molecule has 1 aromatic heterocycles. The molecule has 7 heteroatoms. The quantitative estimate of drug-likeness (QED) is 0.602. The number of carbonyl (C=O) groups is 1. The van der Waals surface area contributed by atoms with Crippen LogP contribution in [0.2, 0.25) is 0 Å². The molecule has 1 aliphatic heterocycles. The Hall–Kier alpha value is -2.09. The van der Waals surface area contributed by atoms with Crippen molar-refractivity contribution >= 4 is 49.3 Å². The minimum atomic E-state index is -0.523. The fraction of sp³-hybridized carbons (Fsp3) is 0.316. The van der Waals surface area contributed by atoms with Crippen LogP contribution in [0.25, 0.3) is 21.8 Å². The van der Waals surface area contributed by atoms with Crippen LogP contribution < -0.4 is 11.1 Å². The molecule has 0 spiro atoms. The second kappa shape index (κ2) is 6.26. The van der Waals surface area contributed by atoms with Gasteiger partial charge in [0.05, 0.1) is 17.7 Å². The van der Waals surface area contributed by atoms with Gasteiger partial charge in [0.25, 0.3) is 5.91 Å². The van der Waals surface area contributed by atoms with Gasteiger partial charge in [-0.15, -0.1) is 0 Å². The van der Waals surface area contributed by atoms with Gasteiger partial charge in [0.2, 0.25) is 0 Å². The molecule has 3 aromatic rings. The Morgan fingerprint density at radius 3 is 2.88 bits per heavy atom. The predicted molar refractivity (Wildman–Crippen MR) is 105 cm³/mol. The molecule has 1 fully saturated rings. The molecular formula is C19H20BrN3O3. The Bertz CT molecular complexity index is 1010.